The van der Waals surface area contributed by atoms with E-state index in [-0.39, 0.29) is 30.8 Å². The zero-order valence-corrected chi connectivity index (χ0v) is 19.0. The second kappa shape index (κ2) is 9.65. The van der Waals surface area contributed by atoms with E-state index in [9.17, 15) is 37.9 Å². The zero-order chi connectivity index (χ0) is 26.9. The van der Waals surface area contributed by atoms with Crippen molar-refractivity contribution in [1.82, 2.24) is 9.88 Å². The minimum absolute atomic E-state index is 0.0110. The smallest absolute Gasteiger partial charge is 0.416 e. The molecule has 3 heterocycles. The molecule has 4 rings (SSSR count). The average Bonchev–Trinajstić information content (AvgIpc) is 3.30. The molecule has 13 heteroatoms. The fourth-order valence-corrected chi connectivity index (χ4v) is 4.12. The molecule has 0 bridgehead atoms. The highest BCUT2D eigenvalue weighted by atomic mass is 19.4. The number of nitrogens with one attached hydrogen (secondary N) is 2. The number of aromatic amines is 1. The monoisotopic (exact) mass is 514 g/mol. The van der Waals surface area contributed by atoms with Crippen LogP contribution in [0, 0.1) is 11.3 Å². The number of benzene rings is 1. The number of alkyl halides is 3. The van der Waals surface area contributed by atoms with Crippen LogP contribution in [0.2, 0.25) is 0 Å². The zero-order valence-electron chi connectivity index (χ0n) is 19.0. The van der Waals surface area contributed by atoms with Crippen LogP contribution in [0.4, 0.5) is 19.0 Å². The number of aliphatic carboxylic acids is 1. The molecule has 1 aliphatic heterocycles. The SMILES string of the molecule is N#Cc1ccc[nH+]c1N1Cc2c(O)c(C(=O)NCC(=O)O)c(=O)n(Cc3ccc(C(F)(F)F)cc3)c2C1. The predicted molar refractivity (Wildman–Crippen MR) is 120 cm³/mol. The Hall–Kier alpha value is -4.86. The fourth-order valence-electron chi connectivity index (χ4n) is 4.12. The summed E-state index contributed by atoms with van der Waals surface area (Å²) < 4.78 is 40.1. The van der Waals surface area contributed by atoms with Gasteiger partial charge in [-0.2, -0.15) is 18.4 Å². The molecule has 0 aliphatic carbocycles. The normalized spacial score (nSPS) is 12.6. The van der Waals surface area contributed by atoms with Crippen LogP contribution < -0.4 is 20.8 Å². The summed E-state index contributed by atoms with van der Waals surface area (Å²) >= 11 is 0. The van der Waals surface area contributed by atoms with Gasteiger partial charge < -0.3 is 20.1 Å². The lowest BCUT2D eigenvalue weighted by atomic mass is 10.1. The number of aromatic nitrogens is 2. The van der Waals surface area contributed by atoms with Gasteiger partial charge in [0.1, 0.15) is 42.6 Å². The summed E-state index contributed by atoms with van der Waals surface area (Å²) in [5, 5.41) is 31.3. The van der Waals surface area contributed by atoms with E-state index in [1.54, 1.807) is 23.2 Å². The Morgan fingerprint density at radius 1 is 1.16 bits per heavy atom. The molecule has 4 N–H and O–H groups in total. The Morgan fingerprint density at radius 2 is 1.86 bits per heavy atom. The molecule has 0 radical (unpaired) electrons. The number of rotatable bonds is 6. The highest BCUT2D eigenvalue weighted by molar-refractivity contribution is 5.98. The number of hydrogen-bond acceptors (Lipinski definition) is 6. The molecule has 1 aromatic carbocycles. The summed E-state index contributed by atoms with van der Waals surface area (Å²) in [5.41, 5.74) is -1.42. The minimum Gasteiger partial charge on any atom is -0.506 e. The van der Waals surface area contributed by atoms with Gasteiger partial charge >= 0.3 is 12.1 Å². The summed E-state index contributed by atoms with van der Waals surface area (Å²) in [5.74, 6) is -2.72. The van der Waals surface area contributed by atoms with E-state index in [1.807, 2.05) is 11.4 Å². The molecule has 0 atom stereocenters. The first-order valence-electron chi connectivity index (χ1n) is 10.8. The van der Waals surface area contributed by atoms with Crippen LogP contribution in [0.3, 0.4) is 0 Å². The van der Waals surface area contributed by atoms with Gasteiger partial charge in [0.25, 0.3) is 17.3 Å². The number of carbonyl (C=O) groups is 2. The largest absolute Gasteiger partial charge is 0.506 e. The molecule has 1 aliphatic rings. The molecule has 37 heavy (non-hydrogen) atoms. The number of carboxylic acid groups (broad SMARTS) is 1. The summed E-state index contributed by atoms with van der Waals surface area (Å²) in [6, 6.07) is 9.35. The second-order valence-electron chi connectivity index (χ2n) is 8.21. The molecular weight excluding hydrogens is 495 g/mol. The van der Waals surface area contributed by atoms with Gasteiger partial charge in [-0.15, -0.1) is 0 Å². The van der Waals surface area contributed by atoms with E-state index in [0.29, 0.717) is 17.1 Å². The number of carboxylic acids is 1. The number of hydrogen-bond donors (Lipinski definition) is 3. The minimum atomic E-state index is -4.55. The Bertz CT molecular complexity index is 1490. The first-order valence-corrected chi connectivity index (χ1v) is 10.8. The van der Waals surface area contributed by atoms with Crippen LogP contribution in [0.5, 0.6) is 5.75 Å². The number of anilines is 1. The van der Waals surface area contributed by atoms with Gasteiger partial charge in [0.2, 0.25) is 0 Å². The van der Waals surface area contributed by atoms with Gasteiger partial charge in [-0.25, -0.2) is 4.98 Å². The third-order valence-corrected chi connectivity index (χ3v) is 5.87. The third-order valence-electron chi connectivity index (χ3n) is 5.87. The number of aromatic hydroxyl groups is 1. The second-order valence-corrected chi connectivity index (χ2v) is 8.21. The van der Waals surface area contributed by atoms with Crippen LogP contribution in [0.25, 0.3) is 0 Å². The van der Waals surface area contributed by atoms with E-state index in [4.69, 9.17) is 5.11 Å². The van der Waals surface area contributed by atoms with Crippen LogP contribution in [-0.2, 0) is 30.6 Å². The quantitative estimate of drug-likeness (QED) is 0.453. The summed E-state index contributed by atoms with van der Waals surface area (Å²) in [7, 11) is 0. The van der Waals surface area contributed by atoms with E-state index >= 15 is 0 Å². The summed E-state index contributed by atoms with van der Waals surface area (Å²) in [4.78, 5) is 41.5. The lowest BCUT2D eigenvalue weighted by molar-refractivity contribution is -0.364. The number of amides is 1. The number of fused-ring (bicyclic) bond motifs is 1. The maximum atomic E-state index is 13.4. The first kappa shape index (κ1) is 25.2. The molecule has 0 saturated heterocycles. The van der Waals surface area contributed by atoms with Crippen molar-refractivity contribution in [1.29, 1.82) is 5.26 Å². The standard InChI is InChI=1S/C24H18F3N5O5/c25-24(26,27)15-5-3-13(4-6-15)10-32-17-12-31(21-14(8-28)2-1-7-29-21)11-16(17)20(35)19(23(32)37)22(36)30-9-18(33)34/h1-7,35H,9-12H2,(H,30,36)(H,33,34)/p+1. The maximum Gasteiger partial charge on any atom is 0.416 e. The summed E-state index contributed by atoms with van der Waals surface area (Å²) in [6.45, 7) is -1.01. The average molecular weight is 514 g/mol. The molecule has 1 amide bonds. The number of nitriles is 1. The molecule has 0 fully saturated rings. The van der Waals surface area contributed by atoms with Crippen LogP contribution >= 0.6 is 0 Å². The van der Waals surface area contributed by atoms with Crippen LogP contribution in [0.1, 0.15) is 38.3 Å². The van der Waals surface area contributed by atoms with Crippen molar-refractivity contribution in [2.24, 2.45) is 0 Å². The maximum absolute atomic E-state index is 13.4. The molecule has 0 spiro atoms. The van der Waals surface area contributed by atoms with Crippen LogP contribution in [0.15, 0.2) is 47.4 Å². The van der Waals surface area contributed by atoms with Gasteiger partial charge in [0.05, 0.1) is 29.6 Å². The van der Waals surface area contributed by atoms with Gasteiger partial charge in [-0.05, 0) is 29.8 Å². The Morgan fingerprint density at radius 3 is 2.49 bits per heavy atom. The topological polar surface area (TPSA) is 150 Å². The number of nitrogens with zero attached hydrogens (tertiary/aromatic N) is 3. The third kappa shape index (κ3) is 4.94. The molecular formula is C24H19F3N5O5+. The van der Waals surface area contributed by atoms with Crippen molar-refractivity contribution in [3.8, 4) is 11.8 Å². The van der Waals surface area contributed by atoms with Gasteiger partial charge in [0, 0.05) is 0 Å². The highest BCUT2D eigenvalue weighted by Crippen LogP contribution is 2.34. The van der Waals surface area contributed by atoms with Crippen molar-refractivity contribution < 1.29 is 38.0 Å². The number of pyridine rings is 2. The van der Waals surface area contributed by atoms with Crippen molar-refractivity contribution in [3.63, 3.8) is 0 Å². The Balaban J connectivity index is 1.81. The molecule has 3 aromatic rings. The Kier molecular flexibility index (Phi) is 6.58. The molecule has 10 nitrogen and oxygen atoms in total. The molecule has 190 valence electrons. The van der Waals surface area contributed by atoms with E-state index in [2.05, 4.69) is 4.98 Å². The number of halogens is 3. The van der Waals surface area contributed by atoms with Crippen molar-refractivity contribution in [2.45, 2.75) is 25.8 Å². The molecule has 0 unspecified atom stereocenters. The van der Waals surface area contributed by atoms with Crippen molar-refractivity contribution in [2.75, 3.05) is 11.4 Å². The number of carbonyl (C=O) groups excluding carboxylic acids is 1. The summed E-state index contributed by atoms with van der Waals surface area (Å²) in [6.07, 6.45) is -2.96. The van der Waals surface area contributed by atoms with Crippen molar-refractivity contribution in [3.05, 3.63) is 86.5 Å². The molecule has 0 saturated carbocycles. The van der Waals surface area contributed by atoms with Crippen molar-refractivity contribution >= 4 is 17.7 Å². The van der Waals surface area contributed by atoms with Gasteiger partial charge in [-0.3, -0.25) is 19.3 Å². The van der Waals surface area contributed by atoms with Crippen LogP contribution in [-0.4, -0.2) is 33.2 Å². The van der Waals surface area contributed by atoms with Gasteiger partial charge in [0.15, 0.2) is 0 Å². The predicted octanol–water partition coefficient (Wildman–Crippen LogP) is 1.64. The van der Waals surface area contributed by atoms with E-state index < -0.39 is 47.0 Å². The highest BCUT2D eigenvalue weighted by Gasteiger charge is 2.37. The number of H-pyrrole nitrogens is 1. The molecule has 2 aromatic heterocycles. The fraction of sp³-hybridized carbons (Fsp3) is 0.208. The Labute approximate surface area is 206 Å². The first-order chi connectivity index (χ1) is 17.5. The lowest BCUT2D eigenvalue weighted by Gasteiger charge is -2.15. The van der Waals surface area contributed by atoms with E-state index in [1.165, 1.54) is 12.1 Å². The van der Waals surface area contributed by atoms with Gasteiger partial charge in [-0.1, -0.05) is 12.1 Å². The van der Waals surface area contributed by atoms with E-state index in [0.717, 1.165) is 16.7 Å². The lowest BCUT2D eigenvalue weighted by Crippen LogP contribution is -2.37.